The first-order valence-electron chi connectivity index (χ1n) is 9.28. The lowest BCUT2D eigenvalue weighted by Gasteiger charge is -2.15. The Hall–Kier alpha value is -2.71. The number of aromatic amines is 1. The highest BCUT2D eigenvalue weighted by molar-refractivity contribution is 7.89. The summed E-state index contributed by atoms with van der Waals surface area (Å²) in [4.78, 5) is 17.2. The number of hydrogen-bond acceptors (Lipinski definition) is 4. The minimum atomic E-state index is -3.52. The van der Waals surface area contributed by atoms with Crippen LogP contribution in [0.1, 0.15) is 29.7 Å². The number of aromatic nitrogens is 3. The molecule has 4 rings (SSSR count). The van der Waals surface area contributed by atoms with Crippen LogP contribution in [0.4, 0.5) is 0 Å². The lowest BCUT2D eigenvalue weighted by molar-refractivity contribution is 0.477. The average Bonchev–Trinajstić information content (AvgIpc) is 3.34. The van der Waals surface area contributed by atoms with Crippen molar-refractivity contribution in [1.82, 2.24) is 19.1 Å². The number of nitrogens with one attached hydrogen (secondary N) is 1. The maximum absolute atomic E-state index is 12.9. The van der Waals surface area contributed by atoms with Gasteiger partial charge in [0.1, 0.15) is 4.90 Å². The summed E-state index contributed by atoms with van der Waals surface area (Å²) in [5.74, 6) is 0.368. The molecule has 0 aliphatic carbocycles. The summed E-state index contributed by atoms with van der Waals surface area (Å²) in [6.45, 7) is 2.94. The highest BCUT2D eigenvalue weighted by atomic mass is 32.2. The standard InChI is InChI=1S/C20H22N4O3S/c1-15-18(13-16-7-3-2-4-8-16)20(25)24(22-15)19-10-9-17(14-21-19)28(26,27)23-11-5-6-12-23/h2-4,7-10,14,22H,5-6,11-13H2,1H3. The quantitative estimate of drug-likeness (QED) is 0.714. The summed E-state index contributed by atoms with van der Waals surface area (Å²) in [5, 5.41) is 3.04. The van der Waals surface area contributed by atoms with E-state index in [4.69, 9.17) is 0 Å². The van der Waals surface area contributed by atoms with Gasteiger partial charge in [-0.15, -0.1) is 0 Å². The summed E-state index contributed by atoms with van der Waals surface area (Å²) >= 11 is 0. The Bertz CT molecular complexity index is 1130. The van der Waals surface area contributed by atoms with Crippen LogP contribution < -0.4 is 5.56 Å². The van der Waals surface area contributed by atoms with Crippen molar-refractivity contribution in [2.24, 2.45) is 0 Å². The number of nitrogens with zero attached hydrogens (tertiary/aromatic N) is 3. The molecule has 0 amide bonds. The molecule has 0 saturated carbocycles. The Morgan fingerprint density at radius 2 is 1.79 bits per heavy atom. The van der Waals surface area contributed by atoms with Gasteiger partial charge < -0.3 is 0 Å². The highest BCUT2D eigenvalue weighted by Crippen LogP contribution is 2.20. The van der Waals surface area contributed by atoms with Gasteiger partial charge in [0.15, 0.2) is 5.82 Å². The van der Waals surface area contributed by atoms with Gasteiger partial charge in [-0.3, -0.25) is 9.89 Å². The Balaban J connectivity index is 1.63. The molecular formula is C20H22N4O3S. The van der Waals surface area contributed by atoms with Crippen molar-refractivity contribution in [3.63, 3.8) is 0 Å². The van der Waals surface area contributed by atoms with Crippen LogP contribution in [-0.2, 0) is 16.4 Å². The van der Waals surface area contributed by atoms with E-state index in [-0.39, 0.29) is 10.5 Å². The van der Waals surface area contributed by atoms with Gasteiger partial charge in [-0.25, -0.2) is 18.1 Å². The normalized spacial score (nSPS) is 15.2. The summed E-state index contributed by atoms with van der Waals surface area (Å²) in [6.07, 6.45) is 3.61. The molecule has 0 spiro atoms. The van der Waals surface area contributed by atoms with Gasteiger partial charge >= 0.3 is 0 Å². The van der Waals surface area contributed by atoms with Crippen LogP contribution in [0.5, 0.6) is 0 Å². The fourth-order valence-electron chi connectivity index (χ4n) is 3.49. The second-order valence-electron chi connectivity index (χ2n) is 6.98. The Kier molecular flexibility index (Phi) is 4.91. The van der Waals surface area contributed by atoms with Crippen molar-refractivity contribution in [2.45, 2.75) is 31.1 Å². The zero-order valence-corrected chi connectivity index (χ0v) is 16.4. The van der Waals surface area contributed by atoms with Crippen LogP contribution in [-0.4, -0.2) is 40.6 Å². The average molecular weight is 398 g/mol. The molecule has 3 aromatic rings. The summed E-state index contributed by atoms with van der Waals surface area (Å²) < 4.78 is 28.1. The molecule has 8 heteroatoms. The fraction of sp³-hybridized carbons (Fsp3) is 0.300. The first-order valence-corrected chi connectivity index (χ1v) is 10.7. The monoisotopic (exact) mass is 398 g/mol. The largest absolute Gasteiger partial charge is 0.294 e. The minimum absolute atomic E-state index is 0.152. The number of benzene rings is 1. The van der Waals surface area contributed by atoms with E-state index in [1.54, 1.807) is 6.07 Å². The molecule has 3 heterocycles. The zero-order chi connectivity index (χ0) is 19.7. The minimum Gasteiger partial charge on any atom is -0.294 e. The molecule has 2 aromatic heterocycles. The molecule has 1 aliphatic heterocycles. The molecule has 0 bridgehead atoms. The molecule has 0 unspecified atom stereocenters. The van der Waals surface area contributed by atoms with Gasteiger partial charge in [0, 0.05) is 37.0 Å². The fourth-order valence-corrected chi connectivity index (χ4v) is 4.95. The van der Waals surface area contributed by atoms with Crippen LogP contribution in [0.2, 0.25) is 0 Å². The van der Waals surface area contributed by atoms with Crippen molar-refractivity contribution in [3.8, 4) is 5.82 Å². The topological polar surface area (TPSA) is 88.1 Å². The second kappa shape index (κ2) is 7.37. The van der Waals surface area contributed by atoms with E-state index >= 15 is 0 Å². The van der Waals surface area contributed by atoms with E-state index in [1.165, 1.54) is 21.3 Å². The summed E-state index contributed by atoms with van der Waals surface area (Å²) in [6, 6.07) is 12.8. The second-order valence-corrected chi connectivity index (χ2v) is 8.92. The Labute approximate surface area is 163 Å². The van der Waals surface area contributed by atoms with E-state index in [0.29, 0.717) is 30.9 Å². The van der Waals surface area contributed by atoms with Crippen LogP contribution in [0.15, 0.2) is 58.4 Å². The molecule has 1 N–H and O–H groups in total. The van der Waals surface area contributed by atoms with Gasteiger partial charge in [-0.2, -0.15) is 4.31 Å². The van der Waals surface area contributed by atoms with Gasteiger partial charge in [-0.1, -0.05) is 30.3 Å². The lowest BCUT2D eigenvalue weighted by Crippen LogP contribution is -2.28. The molecule has 1 saturated heterocycles. The van der Waals surface area contributed by atoms with E-state index in [1.807, 2.05) is 37.3 Å². The molecule has 0 radical (unpaired) electrons. The Morgan fingerprint density at radius 1 is 1.07 bits per heavy atom. The summed E-state index contributed by atoms with van der Waals surface area (Å²) in [5.41, 5.74) is 2.31. The Morgan fingerprint density at radius 3 is 2.43 bits per heavy atom. The third-order valence-corrected chi connectivity index (χ3v) is 6.95. The zero-order valence-electron chi connectivity index (χ0n) is 15.6. The number of H-pyrrole nitrogens is 1. The van der Waals surface area contributed by atoms with Crippen LogP contribution in [0, 0.1) is 6.92 Å². The molecule has 1 aliphatic rings. The van der Waals surface area contributed by atoms with Gasteiger partial charge in [0.05, 0.1) is 0 Å². The molecule has 146 valence electrons. The molecule has 28 heavy (non-hydrogen) atoms. The smallest absolute Gasteiger partial charge is 0.276 e. The van der Waals surface area contributed by atoms with Crippen molar-refractivity contribution in [3.05, 3.63) is 75.8 Å². The summed E-state index contributed by atoms with van der Waals surface area (Å²) in [7, 11) is -3.52. The third-order valence-electron chi connectivity index (χ3n) is 5.07. The molecule has 0 atom stereocenters. The first kappa shape index (κ1) is 18.6. The van der Waals surface area contributed by atoms with E-state index < -0.39 is 10.0 Å². The van der Waals surface area contributed by atoms with Crippen molar-refractivity contribution >= 4 is 10.0 Å². The van der Waals surface area contributed by atoms with Crippen molar-refractivity contribution < 1.29 is 8.42 Å². The highest BCUT2D eigenvalue weighted by Gasteiger charge is 2.27. The molecule has 1 aromatic carbocycles. The molecule has 7 nitrogen and oxygen atoms in total. The number of sulfonamides is 1. The van der Waals surface area contributed by atoms with E-state index in [0.717, 1.165) is 24.1 Å². The van der Waals surface area contributed by atoms with Crippen LogP contribution >= 0.6 is 0 Å². The van der Waals surface area contributed by atoms with Gasteiger partial charge in [0.2, 0.25) is 10.0 Å². The van der Waals surface area contributed by atoms with E-state index in [9.17, 15) is 13.2 Å². The van der Waals surface area contributed by atoms with E-state index in [2.05, 4.69) is 10.1 Å². The predicted octanol–water partition coefficient (Wildman–Crippen LogP) is 2.24. The van der Waals surface area contributed by atoms with Crippen LogP contribution in [0.3, 0.4) is 0 Å². The number of aryl methyl sites for hydroxylation is 1. The maximum atomic E-state index is 12.9. The molecular weight excluding hydrogens is 376 g/mol. The SMILES string of the molecule is Cc1[nH]n(-c2ccc(S(=O)(=O)N3CCCC3)cn2)c(=O)c1Cc1ccccc1. The van der Waals surface area contributed by atoms with Gasteiger partial charge in [-0.05, 0) is 37.5 Å². The number of hydrogen-bond donors (Lipinski definition) is 1. The van der Waals surface area contributed by atoms with Gasteiger partial charge in [0.25, 0.3) is 5.56 Å². The van der Waals surface area contributed by atoms with Crippen molar-refractivity contribution in [2.75, 3.05) is 13.1 Å². The lowest BCUT2D eigenvalue weighted by atomic mass is 10.1. The third kappa shape index (κ3) is 3.41. The molecule has 1 fully saturated rings. The predicted molar refractivity (Wildman–Crippen MR) is 106 cm³/mol. The number of rotatable bonds is 5. The van der Waals surface area contributed by atoms with Crippen molar-refractivity contribution in [1.29, 1.82) is 0 Å². The van der Waals surface area contributed by atoms with Crippen LogP contribution in [0.25, 0.3) is 5.82 Å². The maximum Gasteiger partial charge on any atom is 0.276 e. The number of pyridine rings is 1. The first-order chi connectivity index (χ1) is 13.5.